The van der Waals surface area contributed by atoms with E-state index >= 15 is 0 Å². The van der Waals surface area contributed by atoms with E-state index in [-0.39, 0.29) is 23.9 Å². The molecule has 0 radical (unpaired) electrons. The first-order valence-corrected chi connectivity index (χ1v) is 13.3. The Labute approximate surface area is 231 Å². The molecule has 1 aliphatic rings. The van der Waals surface area contributed by atoms with Crippen LogP contribution in [-0.2, 0) is 16.0 Å². The van der Waals surface area contributed by atoms with Crippen LogP contribution in [0.2, 0.25) is 0 Å². The van der Waals surface area contributed by atoms with Gasteiger partial charge in [-0.2, -0.15) is 0 Å². The maximum atomic E-state index is 14.4. The lowest BCUT2D eigenvalue weighted by molar-refractivity contribution is -0.128. The third-order valence-corrected chi connectivity index (χ3v) is 7.16. The number of carbonyl (C=O) groups is 2. The van der Waals surface area contributed by atoms with Gasteiger partial charge in [-0.1, -0.05) is 30.0 Å². The van der Waals surface area contributed by atoms with Crippen LogP contribution >= 0.6 is 11.8 Å². The molecule has 0 aliphatic carbocycles. The molecule has 1 fully saturated rings. The third kappa shape index (κ3) is 7.08. The largest absolute Gasteiger partial charge is 0.494 e. The minimum Gasteiger partial charge on any atom is -0.494 e. The van der Waals surface area contributed by atoms with E-state index in [1.165, 1.54) is 11.0 Å². The van der Waals surface area contributed by atoms with Crippen LogP contribution in [0.3, 0.4) is 0 Å². The van der Waals surface area contributed by atoms with Crippen LogP contribution < -0.4 is 19.5 Å². The normalized spacial score (nSPS) is 15.9. The van der Waals surface area contributed by atoms with E-state index < -0.39 is 11.1 Å². The Hall–Kier alpha value is -4.05. The van der Waals surface area contributed by atoms with Crippen LogP contribution in [0.15, 0.2) is 71.7 Å². The van der Waals surface area contributed by atoms with E-state index in [9.17, 15) is 14.0 Å². The smallest absolute Gasteiger partial charge is 0.242 e. The van der Waals surface area contributed by atoms with Crippen molar-refractivity contribution in [2.75, 3.05) is 32.7 Å². The van der Waals surface area contributed by atoms with Crippen LogP contribution in [-0.4, -0.2) is 54.5 Å². The Bertz CT molecular complexity index is 1350. The summed E-state index contributed by atoms with van der Waals surface area (Å²) >= 11 is 1.16. The summed E-state index contributed by atoms with van der Waals surface area (Å²) in [4.78, 5) is 32.2. The number of amidine groups is 1. The summed E-state index contributed by atoms with van der Waals surface area (Å²) in [6.45, 7) is 2.74. The highest BCUT2D eigenvalue weighted by Crippen LogP contribution is 2.33. The number of carbonyl (C=O) groups excluding carboxylic acids is 2. The van der Waals surface area contributed by atoms with Gasteiger partial charge in [0.1, 0.15) is 22.5 Å². The summed E-state index contributed by atoms with van der Waals surface area (Å²) in [6.07, 6.45) is 0.438. The van der Waals surface area contributed by atoms with E-state index in [0.29, 0.717) is 47.7 Å². The Balaban J connectivity index is 1.50. The molecule has 3 aromatic rings. The quantitative estimate of drug-likeness (QED) is 0.341. The molecule has 0 saturated carbocycles. The van der Waals surface area contributed by atoms with Gasteiger partial charge in [0.25, 0.3) is 0 Å². The number of benzene rings is 3. The molecule has 39 heavy (non-hydrogen) atoms. The number of aliphatic imine (C=N–C) groups is 1. The standard InChI is InChI=1S/C29H30FN3O5S/c1-4-38-21-12-10-20(11-13-21)31-27(34)18-26-28(35)33(29(39-26)32-23-8-6-5-7-22(23)30)16-15-19-9-14-24(36-2)25(17-19)37-3/h5-14,17,26H,4,15-16,18H2,1-3H3,(H,31,34)/t26-/m0/s1. The summed E-state index contributed by atoms with van der Waals surface area (Å²) in [5.41, 5.74) is 1.65. The molecule has 0 aromatic heterocycles. The highest BCUT2D eigenvalue weighted by Gasteiger charge is 2.39. The molecule has 2 amide bonds. The van der Waals surface area contributed by atoms with Gasteiger partial charge in [0.05, 0.1) is 20.8 Å². The van der Waals surface area contributed by atoms with Crippen LogP contribution in [0.4, 0.5) is 15.8 Å². The lowest BCUT2D eigenvalue weighted by atomic mass is 10.1. The number of anilines is 1. The van der Waals surface area contributed by atoms with Gasteiger partial charge in [0.15, 0.2) is 16.7 Å². The van der Waals surface area contributed by atoms with Crippen molar-refractivity contribution in [3.63, 3.8) is 0 Å². The second kappa shape index (κ2) is 13.1. The first-order valence-electron chi connectivity index (χ1n) is 12.5. The Morgan fingerprint density at radius 2 is 1.79 bits per heavy atom. The van der Waals surface area contributed by atoms with Gasteiger partial charge < -0.3 is 19.5 Å². The van der Waals surface area contributed by atoms with Crippen LogP contribution in [0.5, 0.6) is 17.2 Å². The average molecular weight is 552 g/mol. The number of para-hydroxylation sites is 1. The number of hydrogen-bond donors (Lipinski definition) is 1. The summed E-state index contributed by atoms with van der Waals surface area (Å²) in [7, 11) is 3.12. The van der Waals surface area contributed by atoms with Crippen molar-refractivity contribution in [1.29, 1.82) is 0 Å². The number of nitrogens with one attached hydrogen (secondary N) is 1. The van der Waals surface area contributed by atoms with Gasteiger partial charge in [0, 0.05) is 18.7 Å². The highest BCUT2D eigenvalue weighted by atomic mass is 32.2. The van der Waals surface area contributed by atoms with Gasteiger partial charge in [-0.05, 0) is 67.4 Å². The monoisotopic (exact) mass is 551 g/mol. The van der Waals surface area contributed by atoms with E-state index in [1.807, 2.05) is 19.1 Å². The molecular weight excluding hydrogens is 521 g/mol. The lowest BCUT2D eigenvalue weighted by Gasteiger charge is -2.17. The number of methoxy groups -OCH3 is 2. The van der Waals surface area contributed by atoms with Crippen LogP contribution in [0.25, 0.3) is 0 Å². The first kappa shape index (κ1) is 28.0. The molecule has 1 saturated heterocycles. The van der Waals surface area contributed by atoms with E-state index in [1.54, 1.807) is 62.8 Å². The molecule has 10 heteroatoms. The summed E-state index contributed by atoms with van der Waals surface area (Å²) in [5, 5.41) is 2.48. The predicted molar refractivity (Wildman–Crippen MR) is 151 cm³/mol. The Morgan fingerprint density at radius 1 is 1.05 bits per heavy atom. The fourth-order valence-corrected chi connectivity index (χ4v) is 5.21. The van der Waals surface area contributed by atoms with Crippen LogP contribution in [0.1, 0.15) is 18.9 Å². The summed E-state index contributed by atoms with van der Waals surface area (Å²) in [6, 6.07) is 18.7. The number of thioether (sulfide) groups is 1. The van der Waals surface area contributed by atoms with E-state index in [0.717, 1.165) is 17.3 Å². The maximum Gasteiger partial charge on any atom is 0.242 e. The van der Waals surface area contributed by atoms with Crippen molar-refractivity contribution in [3.8, 4) is 17.2 Å². The molecular formula is C29H30FN3O5S. The van der Waals surface area contributed by atoms with Gasteiger partial charge in [0.2, 0.25) is 11.8 Å². The number of halogens is 1. The number of rotatable bonds is 11. The van der Waals surface area contributed by atoms with Crippen molar-refractivity contribution < 1.29 is 28.2 Å². The number of ether oxygens (including phenoxy) is 3. The van der Waals surface area contributed by atoms with Crippen molar-refractivity contribution in [3.05, 3.63) is 78.1 Å². The van der Waals surface area contributed by atoms with Crippen LogP contribution in [0, 0.1) is 5.82 Å². The molecule has 4 rings (SSSR count). The molecule has 204 valence electrons. The third-order valence-electron chi connectivity index (χ3n) is 5.98. The Kier molecular flexibility index (Phi) is 9.43. The van der Waals surface area contributed by atoms with Crippen molar-refractivity contribution >= 4 is 40.1 Å². The van der Waals surface area contributed by atoms with Gasteiger partial charge in [-0.15, -0.1) is 0 Å². The average Bonchev–Trinajstić information content (AvgIpc) is 3.22. The zero-order valence-corrected chi connectivity index (χ0v) is 22.8. The molecule has 1 N–H and O–H groups in total. The molecule has 0 bridgehead atoms. The van der Waals surface area contributed by atoms with Crippen molar-refractivity contribution in [1.82, 2.24) is 4.90 Å². The van der Waals surface area contributed by atoms with E-state index in [2.05, 4.69) is 10.3 Å². The van der Waals surface area contributed by atoms with Gasteiger partial charge in [-0.25, -0.2) is 9.38 Å². The fourth-order valence-electron chi connectivity index (χ4n) is 4.03. The summed E-state index contributed by atoms with van der Waals surface area (Å²) < 4.78 is 30.5. The van der Waals surface area contributed by atoms with Crippen molar-refractivity contribution in [2.45, 2.75) is 25.0 Å². The zero-order valence-electron chi connectivity index (χ0n) is 22.0. The van der Waals surface area contributed by atoms with E-state index in [4.69, 9.17) is 14.2 Å². The van der Waals surface area contributed by atoms with Gasteiger partial charge >= 0.3 is 0 Å². The molecule has 1 heterocycles. The zero-order chi connectivity index (χ0) is 27.8. The molecule has 3 aromatic carbocycles. The summed E-state index contributed by atoms with van der Waals surface area (Å²) in [5.74, 6) is 0.843. The minimum absolute atomic E-state index is 0.0557. The van der Waals surface area contributed by atoms with Crippen molar-refractivity contribution in [2.24, 2.45) is 4.99 Å². The number of hydrogen-bond acceptors (Lipinski definition) is 7. The molecule has 8 nitrogen and oxygen atoms in total. The predicted octanol–water partition coefficient (Wildman–Crippen LogP) is 5.44. The molecule has 1 aliphatic heterocycles. The molecule has 0 unspecified atom stereocenters. The topological polar surface area (TPSA) is 89.5 Å². The second-order valence-corrected chi connectivity index (χ2v) is 9.76. The number of nitrogens with zero attached hydrogens (tertiary/aromatic N) is 2. The fraction of sp³-hybridized carbons (Fsp3) is 0.276. The number of amides is 2. The van der Waals surface area contributed by atoms with Gasteiger partial charge in [-0.3, -0.25) is 14.5 Å². The maximum absolute atomic E-state index is 14.4. The molecule has 1 atom stereocenters. The Morgan fingerprint density at radius 3 is 2.49 bits per heavy atom. The molecule has 0 spiro atoms. The lowest BCUT2D eigenvalue weighted by Crippen LogP contribution is -2.35. The SMILES string of the molecule is CCOc1ccc(NC(=O)C[C@@H]2SC(=Nc3ccccc3F)N(CCc3ccc(OC)c(OC)c3)C2=O)cc1. The second-order valence-electron chi connectivity index (χ2n) is 8.59. The first-order chi connectivity index (χ1) is 18.9. The minimum atomic E-state index is -0.691. The highest BCUT2D eigenvalue weighted by molar-refractivity contribution is 8.15.